The Hall–Kier alpha value is -1.60. The first kappa shape index (κ1) is 30.4. The van der Waals surface area contributed by atoms with E-state index in [9.17, 15) is 9.59 Å². The molecule has 2 saturated heterocycles. The van der Waals surface area contributed by atoms with Crippen LogP contribution in [0, 0.1) is 11.3 Å². The van der Waals surface area contributed by atoms with Crippen molar-refractivity contribution in [3.63, 3.8) is 0 Å². The van der Waals surface area contributed by atoms with Crippen molar-refractivity contribution in [3.8, 4) is 0 Å². The zero-order valence-electron chi connectivity index (χ0n) is 22.5. The van der Waals surface area contributed by atoms with E-state index < -0.39 is 0 Å². The van der Waals surface area contributed by atoms with Gasteiger partial charge >= 0.3 is 0 Å². The second kappa shape index (κ2) is 13.8. The number of nitrogens with zero attached hydrogens (tertiary/aromatic N) is 2. The number of halogens is 3. The van der Waals surface area contributed by atoms with Crippen LogP contribution in [0.5, 0.6) is 0 Å². The summed E-state index contributed by atoms with van der Waals surface area (Å²) in [5, 5.41) is 4.07. The number of hydrogen-bond donors (Lipinski definition) is 1. The van der Waals surface area contributed by atoms with Gasteiger partial charge in [-0.15, -0.1) is 12.4 Å². The highest BCUT2D eigenvalue weighted by Crippen LogP contribution is 2.42. The van der Waals surface area contributed by atoms with E-state index in [-0.39, 0.29) is 35.7 Å². The SMILES string of the molecule is Cl.O=C(NC(CCN1CCC2(CC1)CCN(Cc1ccc(Br)cc1)C2=O)c1cccc(Cl)c1)C1CCCCC1. The van der Waals surface area contributed by atoms with Crippen LogP contribution in [-0.4, -0.2) is 47.8 Å². The predicted octanol–water partition coefficient (Wildman–Crippen LogP) is 7.17. The van der Waals surface area contributed by atoms with Gasteiger partial charge in [-0.25, -0.2) is 0 Å². The van der Waals surface area contributed by atoms with Crippen LogP contribution in [0.4, 0.5) is 0 Å². The molecule has 2 aliphatic heterocycles. The van der Waals surface area contributed by atoms with Gasteiger partial charge in [0.05, 0.1) is 11.5 Å². The molecular formula is C31H40BrCl2N3O2. The average Bonchev–Trinajstić information content (AvgIpc) is 3.23. The minimum Gasteiger partial charge on any atom is -0.349 e. The first-order valence-corrected chi connectivity index (χ1v) is 15.4. The van der Waals surface area contributed by atoms with E-state index in [0.717, 1.165) is 87.6 Å². The van der Waals surface area contributed by atoms with Crippen LogP contribution in [0.2, 0.25) is 5.02 Å². The summed E-state index contributed by atoms with van der Waals surface area (Å²) in [7, 11) is 0. The Balaban J connectivity index is 0.00000353. The molecule has 1 spiro atoms. The zero-order valence-corrected chi connectivity index (χ0v) is 25.7. The van der Waals surface area contributed by atoms with Crippen molar-refractivity contribution in [1.82, 2.24) is 15.1 Å². The molecule has 3 aliphatic rings. The van der Waals surface area contributed by atoms with Crippen LogP contribution >= 0.6 is 39.9 Å². The molecule has 2 amide bonds. The molecule has 1 atom stereocenters. The van der Waals surface area contributed by atoms with Crippen LogP contribution in [0.1, 0.15) is 75.0 Å². The number of amides is 2. The summed E-state index contributed by atoms with van der Waals surface area (Å²) >= 11 is 9.80. The fourth-order valence-electron chi connectivity index (χ4n) is 6.53. The number of hydrogen-bond acceptors (Lipinski definition) is 3. The standard InChI is InChI=1S/C31H39BrClN3O2.ClH/c32-26-11-9-23(10-12-26)22-36-20-16-31(30(36)38)14-18-35(19-15-31)17-13-28(25-7-4-8-27(33)21-25)34-29(37)24-5-2-1-3-6-24;/h4,7-12,21,24,28H,1-3,5-6,13-20,22H2,(H,34,37);1H. The Kier molecular flexibility index (Phi) is 10.8. The number of piperidine rings is 1. The molecule has 39 heavy (non-hydrogen) atoms. The second-order valence-corrected chi connectivity index (χ2v) is 12.8. The van der Waals surface area contributed by atoms with Gasteiger partial charge < -0.3 is 15.1 Å². The predicted molar refractivity (Wildman–Crippen MR) is 163 cm³/mol. The van der Waals surface area contributed by atoms with Gasteiger partial charge in [0.25, 0.3) is 0 Å². The smallest absolute Gasteiger partial charge is 0.229 e. The van der Waals surface area contributed by atoms with Crippen molar-refractivity contribution in [3.05, 3.63) is 69.2 Å². The van der Waals surface area contributed by atoms with E-state index in [2.05, 4.69) is 49.2 Å². The van der Waals surface area contributed by atoms with Gasteiger partial charge in [0, 0.05) is 35.0 Å². The number of carbonyl (C=O) groups excluding carboxylic acids is 2. The molecule has 0 bridgehead atoms. The Morgan fingerprint density at radius 2 is 1.72 bits per heavy atom. The Bertz CT molecular complexity index is 1120. The Morgan fingerprint density at radius 3 is 2.41 bits per heavy atom. The second-order valence-electron chi connectivity index (χ2n) is 11.5. The van der Waals surface area contributed by atoms with Gasteiger partial charge in [0.2, 0.25) is 11.8 Å². The van der Waals surface area contributed by atoms with E-state index in [0.29, 0.717) is 17.5 Å². The van der Waals surface area contributed by atoms with Crippen LogP contribution in [0.25, 0.3) is 0 Å². The summed E-state index contributed by atoms with van der Waals surface area (Å²) in [5.74, 6) is 0.653. The van der Waals surface area contributed by atoms with E-state index >= 15 is 0 Å². The van der Waals surface area contributed by atoms with Gasteiger partial charge in [-0.3, -0.25) is 9.59 Å². The van der Waals surface area contributed by atoms with E-state index in [4.69, 9.17) is 11.6 Å². The molecule has 0 radical (unpaired) electrons. The quantitative estimate of drug-likeness (QED) is 0.334. The molecule has 8 heteroatoms. The van der Waals surface area contributed by atoms with Gasteiger partial charge in [-0.1, -0.05) is 71.1 Å². The minimum atomic E-state index is -0.201. The van der Waals surface area contributed by atoms with Crippen LogP contribution in [0.3, 0.4) is 0 Å². The summed E-state index contributed by atoms with van der Waals surface area (Å²) in [6.07, 6.45) is 9.16. The van der Waals surface area contributed by atoms with Gasteiger partial charge in [-0.2, -0.15) is 0 Å². The molecule has 1 saturated carbocycles. The number of rotatable bonds is 8. The molecule has 1 N–H and O–H groups in total. The molecular weight excluding hydrogens is 597 g/mol. The van der Waals surface area contributed by atoms with Crippen LogP contribution < -0.4 is 5.32 Å². The number of carbonyl (C=O) groups is 2. The van der Waals surface area contributed by atoms with Gasteiger partial charge in [0.1, 0.15) is 0 Å². The van der Waals surface area contributed by atoms with Gasteiger partial charge in [0.15, 0.2) is 0 Å². The third-order valence-corrected chi connectivity index (χ3v) is 9.74. The summed E-state index contributed by atoms with van der Waals surface area (Å²) < 4.78 is 1.06. The number of nitrogens with one attached hydrogen (secondary N) is 1. The summed E-state index contributed by atoms with van der Waals surface area (Å²) in [6, 6.07) is 16.1. The van der Waals surface area contributed by atoms with Crippen molar-refractivity contribution in [2.24, 2.45) is 11.3 Å². The topological polar surface area (TPSA) is 52.7 Å². The molecule has 5 nitrogen and oxygen atoms in total. The molecule has 1 aliphatic carbocycles. The Morgan fingerprint density at radius 1 is 1.03 bits per heavy atom. The van der Waals surface area contributed by atoms with Crippen molar-refractivity contribution >= 4 is 51.8 Å². The van der Waals surface area contributed by atoms with Crippen LogP contribution in [-0.2, 0) is 16.1 Å². The van der Waals surface area contributed by atoms with Crippen LogP contribution in [0.15, 0.2) is 53.0 Å². The lowest BCUT2D eigenvalue weighted by Gasteiger charge is -2.38. The zero-order chi connectivity index (χ0) is 26.5. The highest BCUT2D eigenvalue weighted by atomic mass is 79.9. The fourth-order valence-corrected chi connectivity index (χ4v) is 7.00. The maximum absolute atomic E-state index is 13.5. The largest absolute Gasteiger partial charge is 0.349 e. The fraction of sp³-hybridized carbons (Fsp3) is 0.548. The highest BCUT2D eigenvalue weighted by molar-refractivity contribution is 9.10. The summed E-state index contributed by atoms with van der Waals surface area (Å²) in [5.41, 5.74) is 2.05. The maximum atomic E-state index is 13.5. The lowest BCUT2D eigenvalue weighted by molar-refractivity contribution is -0.139. The highest BCUT2D eigenvalue weighted by Gasteiger charge is 2.47. The van der Waals surface area contributed by atoms with Crippen molar-refractivity contribution in [2.45, 2.75) is 70.4 Å². The maximum Gasteiger partial charge on any atom is 0.229 e. The normalized spacial score (nSPS) is 20.6. The van der Waals surface area contributed by atoms with E-state index in [1.807, 2.05) is 30.3 Å². The van der Waals surface area contributed by atoms with Crippen molar-refractivity contribution in [1.29, 1.82) is 0 Å². The van der Waals surface area contributed by atoms with E-state index in [1.165, 1.54) is 12.0 Å². The summed E-state index contributed by atoms with van der Waals surface area (Å²) in [4.78, 5) is 31.1. The molecule has 0 aromatic heterocycles. The summed E-state index contributed by atoms with van der Waals surface area (Å²) in [6.45, 7) is 4.29. The first-order valence-electron chi connectivity index (χ1n) is 14.2. The lowest BCUT2D eigenvalue weighted by Crippen LogP contribution is -2.45. The van der Waals surface area contributed by atoms with Crippen molar-refractivity contribution in [2.75, 3.05) is 26.2 Å². The molecule has 212 valence electrons. The molecule has 2 heterocycles. The molecule has 1 unspecified atom stereocenters. The lowest BCUT2D eigenvalue weighted by atomic mass is 9.77. The van der Waals surface area contributed by atoms with Gasteiger partial charge in [-0.05, 0) is 87.0 Å². The molecule has 3 fully saturated rings. The number of likely N-dealkylation sites (tertiary alicyclic amines) is 2. The molecule has 5 rings (SSSR count). The minimum absolute atomic E-state index is 0. The third-order valence-electron chi connectivity index (χ3n) is 8.98. The monoisotopic (exact) mass is 635 g/mol. The Labute approximate surface area is 252 Å². The number of benzene rings is 2. The molecule has 2 aromatic rings. The average molecular weight is 637 g/mol. The molecule has 2 aromatic carbocycles. The first-order chi connectivity index (χ1) is 18.4. The van der Waals surface area contributed by atoms with E-state index in [1.54, 1.807) is 0 Å². The third kappa shape index (κ3) is 7.58. The van der Waals surface area contributed by atoms with Crippen molar-refractivity contribution < 1.29 is 9.59 Å².